The molecular weight excluding hydrogens is 388 g/mol. The average Bonchev–Trinajstić information content (AvgIpc) is 2.98. The normalized spacial score (nSPS) is 15.0. The van der Waals surface area contributed by atoms with Crippen LogP contribution in [-0.2, 0) is 20.9 Å². The Morgan fingerprint density at radius 1 is 1.10 bits per heavy atom. The summed E-state index contributed by atoms with van der Waals surface area (Å²) in [7, 11) is 2.83. The van der Waals surface area contributed by atoms with Gasteiger partial charge in [-0.3, -0.25) is 14.9 Å². The van der Waals surface area contributed by atoms with Crippen LogP contribution in [0.15, 0.2) is 65.4 Å². The Hall–Kier alpha value is -3.94. The van der Waals surface area contributed by atoms with E-state index >= 15 is 0 Å². The largest absolute Gasteiger partial charge is 0.497 e. The minimum absolute atomic E-state index is 0.0593. The molecule has 0 aliphatic carbocycles. The molecule has 0 radical (unpaired) electrons. The van der Waals surface area contributed by atoms with Crippen LogP contribution in [-0.4, -0.2) is 35.9 Å². The van der Waals surface area contributed by atoms with Crippen LogP contribution >= 0.6 is 0 Å². The average molecular weight is 408 g/mol. The van der Waals surface area contributed by atoms with Gasteiger partial charge in [0.25, 0.3) is 11.6 Å². The number of non-ortho nitro benzene ring substituents is 1. The molecule has 0 saturated carbocycles. The lowest BCUT2D eigenvalue weighted by atomic mass is 10.0. The highest BCUT2D eigenvalue weighted by atomic mass is 16.6. The summed E-state index contributed by atoms with van der Waals surface area (Å²) in [6, 6.07) is 13.0. The van der Waals surface area contributed by atoms with Gasteiger partial charge in [0.2, 0.25) is 0 Å². The number of carbonyl (C=O) groups is 2. The van der Waals surface area contributed by atoms with E-state index in [1.165, 1.54) is 42.4 Å². The molecule has 8 heteroatoms. The van der Waals surface area contributed by atoms with Crippen molar-refractivity contribution in [3.8, 4) is 5.75 Å². The van der Waals surface area contributed by atoms with Gasteiger partial charge in [-0.15, -0.1) is 0 Å². The second kappa shape index (κ2) is 8.60. The van der Waals surface area contributed by atoms with Crippen molar-refractivity contribution in [2.45, 2.75) is 13.5 Å². The summed E-state index contributed by atoms with van der Waals surface area (Å²) in [5, 5.41) is 10.8. The molecule has 0 saturated heterocycles. The van der Waals surface area contributed by atoms with Crippen molar-refractivity contribution in [3.63, 3.8) is 0 Å². The van der Waals surface area contributed by atoms with Gasteiger partial charge in [-0.2, -0.15) is 0 Å². The Labute approximate surface area is 173 Å². The van der Waals surface area contributed by atoms with E-state index < -0.39 is 10.9 Å². The fraction of sp³-hybridized carbons (Fsp3) is 0.182. The molecule has 0 spiro atoms. The number of ether oxygens (including phenoxy) is 2. The fourth-order valence-electron chi connectivity index (χ4n) is 3.19. The highest BCUT2D eigenvalue weighted by molar-refractivity contribution is 6.16. The van der Waals surface area contributed by atoms with E-state index in [0.29, 0.717) is 17.0 Å². The van der Waals surface area contributed by atoms with Gasteiger partial charge in [0.1, 0.15) is 5.75 Å². The third-order valence-electron chi connectivity index (χ3n) is 4.82. The quantitative estimate of drug-likeness (QED) is 0.314. The first kappa shape index (κ1) is 20.8. The predicted molar refractivity (Wildman–Crippen MR) is 109 cm³/mol. The molecule has 154 valence electrons. The summed E-state index contributed by atoms with van der Waals surface area (Å²) in [6.45, 7) is 1.96. The number of rotatable bonds is 6. The van der Waals surface area contributed by atoms with Crippen molar-refractivity contribution < 1.29 is 24.0 Å². The number of hydrogen-bond acceptors (Lipinski definition) is 6. The van der Waals surface area contributed by atoms with Crippen LogP contribution in [0.3, 0.4) is 0 Å². The van der Waals surface area contributed by atoms with Crippen LogP contribution in [0.25, 0.3) is 6.08 Å². The molecule has 2 aromatic rings. The second-order valence-electron chi connectivity index (χ2n) is 6.60. The van der Waals surface area contributed by atoms with Crippen LogP contribution in [0, 0.1) is 10.1 Å². The Kier molecular flexibility index (Phi) is 5.96. The first-order valence-electron chi connectivity index (χ1n) is 9.06. The number of carbonyl (C=O) groups excluding carboxylic acids is 2. The van der Waals surface area contributed by atoms with Gasteiger partial charge >= 0.3 is 5.97 Å². The third-order valence-corrected chi connectivity index (χ3v) is 4.82. The van der Waals surface area contributed by atoms with Gasteiger partial charge in [-0.25, -0.2) is 4.79 Å². The number of benzene rings is 2. The summed E-state index contributed by atoms with van der Waals surface area (Å²) >= 11 is 0. The molecule has 0 aromatic heterocycles. The predicted octanol–water partition coefficient (Wildman–Crippen LogP) is 3.48. The van der Waals surface area contributed by atoms with E-state index in [9.17, 15) is 19.7 Å². The first-order chi connectivity index (χ1) is 14.3. The van der Waals surface area contributed by atoms with Gasteiger partial charge in [0.05, 0.1) is 36.8 Å². The number of nitro groups is 1. The Bertz CT molecular complexity index is 1050. The molecule has 3 rings (SSSR count). The van der Waals surface area contributed by atoms with Crippen LogP contribution in [0.1, 0.15) is 18.1 Å². The molecule has 0 N–H and O–H groups in total. The molecule has 0 fully saturated rings. The molecule has 0 atom stereocenters. The smallest absolute Gasteiger partial charge is 0.340 e. The van der Waals surface area contributed by atoms with Gasteiger partial charge < -0.3 is 14.4 Å². The number of amides is 1. The maximum Gasteiger partial charge on any atom is 0.340 e. The van der Waals surface area contributed by atoms with Crippen molar-refractivity contribution in [1.29, 1.82) is 0 Å². The van der Waals surface area contributed by atoms with Crippen molar-refractivity contribution in [1.82, 2.24) is 4.90 Å². The summed E-state index contributed by atoms with van der Waals surface area (Å²) < 4.78 is 10.0. The number of nitro benzene ring substituents is 1. The number of nitrogens with zero attached hydrogens (tertiary/aromatic N) is 2. The summed E-state index contributed by atoms with van der Waals surface area (Å²) in [5.41, 5.74) is 2.21. The number of esters is 1. The molecular formula is C22H20N2O6. The molecule has 1 amide bonds. The van der Waals surface area contributed by atoms with Crippen LogP contribution in [0.5, 0.6) is 5.75 Å². The number of allylic oxidation sites excluding steroid dienone is 1. The lowest BCUT2D eigenvalue weighted by Crippen LogP contribution is -2.24. The van der Waals surface area contributed by atoms with Crippen molar-refractivity contribution >= 4 is 23.6 Å². The molecule has 0 bridgehead atoms. The fourth-order valence-corrected chi connectivity index (χ4v) is 3.19. The van der Waals surface area contributed by atoms with Crippen molar-refractivity contribution in [2.24, 2.45) is 0 Å². The first-order valence-corrected chi connectivity index (χ1v) is 9.06. The summed E-state index contributed by atoms with van der Waals surface area (Å²) in [4.78, 5) is 37.4. The van der Waals surface area contributed by atoms with E-state index in [1.54, 1.807) is 26.2 Å². The highest BCUT2D eigenvalue weighted by Gasteiger charge is 2.37. The molecule has 1 heterocycles. The van der Waals surface area contributed by atoms with Crippen LogP contribution in [0.2, 0.25) is 0 Å². The van der Waals surface area contributed by atoms with E-state index in [-0.39, 0.29) is 29.3 Å². The molecule has 2 aromatic carbocycles. The summed E-state index contributed by atoms with van der Waals surface area (Å²) in [5.74, 6) is -0.263. The maximum absolute atomic E-state index is 13.1. The highest BCUT2D eigenvalue weighted by Crippen LogP contribution is 2.33. The van der Waals surface area contributed by atoms with Crippen molar-refractivity contribution in [2.75, 3.05) is 14.2 Å². The van der Waals surface area contributed by atoms with Crippen molar-refractivity contribution in [3.05, 3.63) is 86.6 Å². The third kappa shape index (κ3) is 4.07. The number of hydrogen-bond donors (Lipinski definition) is 0. The monoisotopic (exact) mass is 408 g/mol. The Morgan fingerprint density at radius 2 is 1.73 bits per heavy atom. The van der Waals surface area contributed by atoms with Gasteiger partial charge in [-0.05, 0) is 48.4 Å². The Morgan fingerprint density at radius 3 is 2.27 bits per heavy atom. The zero-order valence-corrected chi connectivity index (χ0v) is 16.7. The summed E-state index contributed by atoms with van der Waals surface area (Å²) in [6.07, 6.45) is 1.54. The lowest BCUT2D eigenvalue weighted by Gasteiger charge is -2.18. The standard InChI is InChI=1S/C22H20N2O6/c1-14-20(22(26)30-3)19(12-15-4-8-17(9-5-15)24(27)28)21(25)23(14)13-16-6-10-18(29-2)11-7-16/h4-12H,13H2,1-3H3. The maximum atomic E-state index is 13.1. The van der Waals surface area contributed by atoms with Crippen LogP contribution in [0.4, 0.5) is 5.69 Å². The molecule has 0 unspecified atom stereocenters. The van der Waals surface area contributed by atoms with Gasteiger partial charge in [0.15, 0.2) is 0 Å². The minimum Gasteiger partial charge on any atom is -0.497 e. The Balaban J connectivity index is 1.97. The van der Waals surface area contributed by atoms with Crippen LogP contribution < -0.4 is 4.74 Å². The topological polar surface area (TPSA) is 99.0 Å². The zero-order chi connectivity index (χ0) is 21.8. The molecule has 1 aliphatic heterocycles. The second-order valence-corrected chi connectivity index (χ2v) is 6.60. The minimum atomic E-state index is -0.619. The molecule has 30 heavy (non-hydrogen) atoms. The van der Waals surface area contributed by atoms with Gasteiger partial charge in [-0.1, -0.05) is 12.1 Å². The van der Waals surface area contributed by atoms with E-state index in [4.69, 9.17) is 9.47 Å². The molecule has 8 nitrogen and oxygen atoms in total. The van der Waals surface area contributed by atoms with E-state index in [1.807, 2.05) is 12.1 Å². The lowest BCUT2D eigenvalue weighted by molar-refractivity contribution is -0.384. The zero-order valence-electron chi connectivity index (χ0n) is 16.7. The molecule has 1 aliphatic rings. The van der Waals surface area contributed by atoms with Gasteiger partial charge in [0, 0.05) is 17.8 Å². The SMILES string of the molecule is COC(=O)C1=C(C)N(Cc2ccc(OC)cc2)C(=O)C1=Cc1ccc([N+](=O)[O-])cc1. The van der Waals surface area contributed by atoms with E-state index in [2.05, 4.69) is 0 Å². The van der Waals surface area contributed by atoms with E-state index in [0.717, 1.165) is 5.56 Å². The number of methoxy groups -OCH3 is 2.